The second kappa shape index (κ2) is 18.0. The van der Waals surface area contributed by atoms with Crippen LogP contribution in [0.1, 0.15) is 41.7 Å². The minimum Gasteiger partial charge on any atom is -0.427 e. The molecule has 2 saturated heterocycles. The quantitative estimate of drug-likeness (QED) is 0.0670. The number of aromatic amines is 1. The van der Waals surface area contributed by atoms with E-state index in [2.05, 4.69) is 15.0 Å². The highest BCUT2D eigenvalue weighted by Gasteiger charge is 2.51. The van der Waals surface area contributed by atoms with E-state index >= 15 is 0 Å². The number of ether oxygens (including phenoxy) is 5. The summed E-state index contributed by atoms with van der Waals surface area (Å²) in [5.74, 6) is -0.623. The lowest BCUT2D eigenvalue weighted by Crippen LogP contribution is -2.39. The van der Waals surface area contributed by atoms with Crippen LogP contribution in [-0.4, -0.2) is 97.1 Å². The van der Waals surface area contributed by atoms with Gasteiger partial charge in [-0.1, -0.05) is 12.1 Å². The predicted molar refractivity (Wildman–Crippen MR) is 208 cm³/mol. The van der Waals surface area contributed by atoms with Crippen LogP contribution in [0.2, 0.25) is 0 Å². The van der Waals surface area contributed by atoms with Crippen LogP contribution in [0.5, 0.6) is 11.5 Å². The fraction of sp³-hybridized carbons (Fsp3) is 0.351. The Hall–Kier alpha value is -5.22. The Morgan fingerprint density at radius 2 is 1.71 bits per heavy atom. The highest BCUT2D eigenvalue weighted by molar-refractivity contribution is 8.54. The lowest BCUT2D eigenvalue weighted by molar-refractivity contribution is -0.131. The Kier molecular flexibility index (Phi) is 12.8. The van der Waals surface area contributed by atoms with Gasteiger partial charge in [-0.3, -0.25) is 32.8 Å². The summed E-state index contributed by atoms with van der Waals surface area (Å²) in [5.41, 5.74) is 6.76. The standard InChI is InChI=1S/C37H39N6O14PS/c1-20(45)53-23-9-5-22(6-10-23)36(48)54-24-7-3-21(4-8-24)18-59-58(50,57-32-27(16-44)56-35(33(32)51-2)42-14-12-29(47)41-37(42)49)52-17-28-26(46)15-30(55-28)43-19-40-31-25(38)11-13-39-34(31)43/h3-14,19,26-28,30,32-33,35,44,46H,15-18H2,1-2H3,(H2,38,39)(H,41,47,49)/t26-,27-,28-,30-,32+,33?,35-,58?/m1/s1. The van der Waals surface area contributed by atoms with Gasteiger partial charge >= 0.3 is 24.4 Å². The first-order valence-electron chi connectivity index (χ1n) is 18.0. The van der Waals surface area contributed by atoms with E-state index in [0.717, 1.165) is 22.0 Å². The molecule has 20 nitrogen and oxygen atoms in total. The SMILES string of the molecule is COC1[C@@H](OP(=O)(OC[C@H]2O[C@@H](n3cnc4c(N)ccnc43)C[C@H]2O)SCc2ccc(OC(=O)c3ccc(OC(C)=O)cc3)cc2)[C@@H](CO)O[C@H]1n1ccc(=O)[nH]c1=O. The molecule has 8 atom stereocenters. The number of nitrogens with two attached hydrogens (primary N) is 1. The average Bonchev–Trinajstić information content (AvgIpc) is 3.92. The van der Waals surface area contributed by atoms with Gasteiger partial charge in [-0.25, -0.2) is 24.1 Å². The van der Waals surface area contributed by atoms with E-state index in [1.807, 2.05) is 0 Å². The van der Waals surface area contributed by atoms with Gasteiger partial charge in [-0.05, 0) is 59.4 Å². The maximum Gasteiger partial charge on any atom is 0.389 e. The second-order valence-corrected chi connectivity index (χ2v) is 17.4. The van der Waals surface area contributed by atoms with Crippen molar-refractivity contribution in [3.8, 4) is 11.5 Å². The smallest absolute Gasteiger partial charge is 0.389 e. The monoisotopic (exact) mass is 854 g/mol. The van der Waals surface area contributed by atoms with Gasteiger partial charge in [0, 0.05) is 44.7 Å². The summed E-state index contributed by atoms with van der Waals surface area (Å²) in [7, 11) is 1.31. The molecule has 312 valence electrons. The lowest BCUT2D eigenvalue weighted by atomic mass is 10.1. The van der Waals surface area contributed by atoms with Gasteiger partial charge in [0.1, 0.15) is 47.7 Å². The Morgan fingerprint density at radius 1 is 0.983 bits per heavy atom. The number of aliphatic hydroxyl groups is 2. The van der Waals surface area contributed by atoms with E-state index in [4.69, 9.17) is 38.5 Å². The molecular formula is C37H39N6O14PS. The minimum absolute atomic E-state index is 0.0335. The molecule has 2 unspecified atom stereocenters. The van der Waals surface area contributed by atoms with Crippen LogP contribution in [0.25, 0.3) is 11.2 Å². The molecule has 0 bridgehead atoms. The van der Waals surface area contributed by atoms with Crippen LogP contribution in [0.4, 0.5) is 5.69 Å². The third-order valence-electron chi connectivity index (χ3n) is 9.39. The Morgan fingerprint density at radius 3 is 2.41 bits per heavy atom. The number of imidazole rings is 1. The van der Waals surface area contributed by atoms with Gasteiger partial charge in [-0.2, -0.15) is 0 Å². The molecule has 5 heterocycles. The van der Waals surface area contributed by atoms with E-state index in [1.54, 1.807) is 34.9 Å². The molecule has 2 aliphatic heterocycles. The molecule has 0 spiro atoms. The van der Waals surface area contributed by atoms with E-state index < -0.39 is 86.2 Å². The van der Waals surface area contributed by atoms with Gasteiger partial charge in [0.2, 0.25) is 0 Å². The van der Waals surface area contributed by atoms with Crippen molar-refractivity contribution >= 4 is 47.0 Å². The number of aromatic nitrogens is 5. The number of nitrogens with one attached hydrogen (secondary N) is 1. The number of carbonyl (C=O) groups is 2. The number of benzene rings is 2. The van der Waals surface area contributed by atoms with Crippen molar-refractivity contribution in [2.45, 2.75) is 62.1 Å². The summed E-state index contributed by atoms with van der Waals surface area (Å²) in [5, 5.41) is 21.4. The number of aliphatic hydroxyl groups excluding tert-OH is 2. The summed E-state index contributed by atoms with van der Waals surface area (Å²) in [6, 6.07) is 14.9. The number of esters is 2. The Labute approximate surface area is 338 Å². The Bertz CT molecular complexity index is 2460. The van der Waals surface area contributed by atoms with E-state index in [1.165, 1.54) is 57.0 Å². The number of H-pyrrole nitrogens is 1. The van der Waals surface area contributed by atoms with Gasteiger partial charge in [0.15, 0.2) is 11.9 Å². The summed E-state index contributed by atoms with van der Waals surface area (Å²) in [6.07, 6.45) is -3.20. The number of nitrogen functional groups attached to an aromatic ring is 1. The van der Waals surface area contributed by atoms with Crippen molar-refractivity contribution in [3.05, 3.63) is 111 Å². The topological polar surface area (TPSA) is 268 Å². The third kappa shape index (κ3) is 9.49. The van der Waals surface area contributed by atoms with Crippen molar-refractivity contribution in [2.24, 2.45) is 0 Å². The van der Waals surface area contributed by atoms with Gasteiger partial charge < -0.3 is 39.6 Å². The normalized spacial score (nSPS) is 23.9. The number of rotatable bonds is 15. The van der Waals surface area contributed by atoms with Crippen molar-refractivity contribution < 1.29 is 57.1 Å². The molecule has 59 heavy (non-hydrogen) atoms. The summed E-state index contributed by atoms with van der Waals surface area (Å²) in [4.78, 5) is 59.2. The molecule has 2 aliphatic rings. The Balaban J connectivity index is 1.08. The zero-order valence-electron chi connectivity index (χ0n) is 31.4. The van der Waals surface area contributed by atoms with Crippen LogP contribution < -0.4 is 26.5 Å². The molecule has 5 aromatic rings. The average molecular weight is 855 g/mol. The van der Waals surface area contributed by atoms with Crippen molar-refractivity contribution in [1.29, 1.82) is 0 Å². The van der Waals surface area contributed by atoms with E-state index in [0.29, 0.717) is 22.4 Å². The molecule has 0 amide bonds. The van der Waals surface area contributed by atoms with Crippen LogP contribution in [0.3, 0.4) is 0 Å². The lowest BCUT2D eigenvalue weighted by Gasteiger charge is -2.28. The summed E-state index contributed by atoms with van der Waals surface area (Å²) < 4.78 is 57.9. The van der Waals surface area contributed by atoms with Crippen LogP contribution >= 0.6 is 18.2 Å². The number of methoxy groups -OCH3 is 1. The number of hydrogen-bond donors (Lipinski definition) is 4. The molecule has 0 aliphatic carbocycles. The number of nitrogens with zero attached hydrogens (tertiary/aromatic N) is 4. The van der Waals surface area contributed by atoms with Crippen molar-refractivity contribution in [1.82, 2.24) is 24.1 Å². The first kappa shape index (κ1) is 41.9. The number of pyridine rings is 1. The maximum absolute atomic E-state index is 14.8. The van der Waals surface area contributed by atoms with Gasteiger partial charge in [-0.15, -0.1) is 0 Å². The summed E-state index contributed by atoms with van der Waals surface area (Å²) in [6.45, 7) is -4.10. The molecule has 5 N–H and O–H groups in total. The first-order valence-corrected chi connectivity index (χ1v) is 21.2. The molecule has 22 heteroatoms. The minimum atomic E-state index is -4.32. The zero-order chi connectivity index (χ0) is 41.8. The number of hydrogen-bond acceptors (Lipinski definition) is 18. The highest BCUT2D eigenvalue weighted by atomic mass is 32.7. The van der Waals surface area contributed by atoms with Crippen molar-refractivity contribution in [2.75, 3.05) is 26.1 Å². The van der Waals surface area contributed by atoms with Gasteiger partial charge in [0.05, 0.1) is 36.9 Å². The molecular weight excluding hydrogens is 815 g/mol. The van der Waals surface area contributed by atoms with E-state index in [-0.39, 0.29) is 29.2 Å². The molecule has 0 radical (unpaired) electrons. The third-order valence-corrected chi connectivity index (χ3v) is 13.0. The van der Waals surface area contributed by atoms with Crippen LogP contribution in [0, 0.1) is 0 Å². The van der Waals surface area contributed by atoms with Crippen molar-refractivity contribution in [3.63, 3.8) is 0 Å². The molecule has 2 fully saturated rings. The molecule has 2 aromatic carbocycles. The first-order chi connectivity index (χ1) is 28.3. The van der Waals surface area contributed by atoms with Crippen LogP contribution in [-0.2, 0) is 38.4 Å². The largest absolute Gasteiger partial charge is 0.427 e. The number of carbonyl (C=O) groups excluding carboxylic acids is 2. The van der Waals surface area contributed by atoms with Gasteiger partial charge in [0.25, 0.3) is 5.56 Å². The summed E-state index contributed by atoms with van der Waals surface area (Å²) >= 11 is 0.782. The van der Waals surface area contributed by atoms with E-state index in [9.17, 15) is 34.0 Å². The number of anilines is 1. The zero-order valence-corrected chi connectivity index (χ0v) is 33.1. The van der Waals surface area contributed by atoms with Crippen LogP contribution in [0.15, 0.2) is 89.0 Å². The predicted octanol–water partition coefficient (Wildman–Crippen LogP) is 2.70. The fourth-order valence-electron chi connectivity index (χ4n) is 6.49. The second-order valence-electron chi connectivity index (χ2n) is 13.4. The number of fused-ring (bicyclic) bond motifs is 1. The molecule has 7 rings (SSSR count). The maximum atomic E-state index is 14.8. The highest BCUT2D eigenvalue weighted by Crippen LogP contribution is 2.64. The molecule has 3 aromatic heterocycles. The fourth-order valence-corrected chi connectivity index (χ4v) is 9.88. The molecule has 0 saturated carbocycles.